The maximum Gasteiger partial charge on any atom is 0.244 e. The van der Waals surface area contributed by atoms with E-state index in [0.29, 0.717) is 18.0 Å². The third kappa shape index (κ3) is 7.48. The fourth-order valence-electron chi connectivity index (χ4n) is 3.48. The molecular weight excluding hydrogens is 454 g/mol. The van der Waals surface area contributed by atoms with E-state index in [-0.39, 0.29) is 12.5 Å². The van der Waals surface area contributed by atoms with E-state index in [0.717, 1.165) is 34.5 Å². The van der Waals surface area contributed by atoms with Gasteiger partial charge in [-0.05, 0) is 49.6 Å². The van der Waals surface area contributed by atoms with Crippen LogP contribution in [0.25, 0.3) is 0 Å². The number of rotatable bonds is 12. The number of nitrogens with one attached hydrogen (secondary N) is 1. The van der Waals surface area contributed by atoms with Crippen molar-refractivity contribution in [2.75, 3.05) is 30.8 Å². The van der Waals surface area contributed by atoms with E-state index < -0.39 is 28.5 Å². The molecule has 186 valence electrons. The van der Waals surface area contributed by atoms with Gasteiger partial charge in [-0.1, -0.05) is 43.7 Å². The fraction of sp³-hybridized carbons (Fsp3) is 0.440. The largest absolute Gasteiger partial charge is 0.497 e. The predicted octanol–water partition coefficient (Wildman–Crippen LogP) is 3.10. The highest BCUT2D eigenvalue weighted by Crippen LogP contribution is 2.23. The predicted molar refractivity (Wildman–Crippen MR) is 134 cm³/mol. The summed E-state index contributed by atoms with van der Waals surface area (Å²) in [6.07, 6.45) is 2.84. The highest BCUT2D eigenvalue weighted by Gasteiger charge is 2.30. The molecule has 2 aromatic rings. The SMILES string of the molecule is CCCCNC(=O)[C@@H](C)N(Cc1ccc(OC)cc1)C(=O)CN(c1ccccc1C)S(C)(=O)=O. The van der Waals surface area contributed by atoms with Crippen LogP contribution in [0.3, 0.4) is 0 Å². The number of hydrogen-bond acceptors (Lipinski definition) is 5. The minimum Gasteiger partial charge on any atom is -0.497 e. The maximum absolute atomic E-state index is 13.5. The number of sulfonamides is 1. The molecule has 0 fully saturated rings. The van der Waals surface area contributed by atoms with Gasteiger partial charge in [0, 0.05) is 13.1 Å². The molecule has 9 heteroatoms. The zero-order chi connectivity index (χ0) is 25.3. The molecule has 0 unspecified atom stereocenters. The second-order valence-corrected chi connectivity index (χ2v) is 10.2. The summed E-state index contributed by atoms with van der Waals surface area (Å²) in [6.45, 7) is 5.73. The molecule has 1 atom stereocenters. The molecule has 2 amide bonds. The molecule has 0 heterocycles. The van der Waals surface area contributed by atoms with Crippen LogP contribution in [0.15, 0.2) is 48.5 Å². The summed E-state index contributed by atoms with van der Waals surface area (Å²) in [6, 6.07) is 13.4. The minimum absolute atomic E-state index is 0.149. The average Bonchev–Trinajstić information content (AvgIpc) is 2.80. The van der Waals surface area contributed by atoms with E-state index in [2.05, 4.69) is 5.32 Å². The molecule has 0 saturated carbocycles. The third-order valence-corrected chi connectivity index (χ3v) is 6.70. The number of anilines is 1. The molecule has 0 aliphatic rings. The molecule has 0 radical (unpaired) electrons. The summed E-state index contributed by atoms with van der Waals surface area (Å²) < 4.78 is 31.5. The first kappa shape index (κ1) is 27.2. The quantitative estimate of drug-likeness (QED) is 0.462. The Balaban J connectivity index is 2.35. The lowest BCUT2D eigenvalue weighted by molar-refractivity contribution is -0.139. The maximum atomic E-state index is 13.5. The molecular formula is C25H35N3O5S. The molecule has 0 aliphatic heterocycles. The lowest BCUT2D eigenvalue weighted by Crippen LogP contribution is -2.51. The van der Waals surface area contributed by atoms with Crippen LogP contribution in [0.2, 0.25) is 0 Å². The number of para-hydroxylation sites is 1. The molecule has 2 rings (SSSR count). The second kappa shape index (κ2) is 12.4. The Labute approximate surface area is 202 Å². The lowest BCUT2D eigenvalue weighted by Gasteiger charge is -2.32. The highest BCUT2D eigenvalue weighted by atomic mass is 32.2. The standard InChI is InChI=1S/C25H35N3O5S/c1-6-7-16-26-25(30)20(3)27(17-21-12-14-22(33-4)15-13-21)24(29)18-28(34(5,31)32)23-11-9-8-10-19(23)2/h8-15,20H,6-7,16-18H2,1-5H3,(H,26,30)/t20-/m1/s1. The Morgan fingerprint density at radius 1 is 1.09 bits per heavy atom. The summed E-state index contributed by atoms with van der Waals surface area (Å²) in [4.78, 5) is 27.7. The van der Waals surface area contributed by atoms with E-state index in [1.54, 1.807) is 57.4 Å². The average molecular weight is 490 g/mol. The topological polar surface area (TPSA) is 96.0 Å². The van der Waals surface area contributed by atoms with Crippen LogP contribution in [-0.2, 0) is 26.2 Å². The first-order valence-electron chi connectivity index (χ1n) is 11.3. The Morgan fingerprint density at radius 3 is 2.29 bits per heavy atom. The first-order valence-corrected chi connectivity index (χ1v) is 13.2. The number of aryl methyl sites for hydroxylation is 1. The summed E-state index contributed by atoms with van der Waals surface area (Å²) in [7, 11) is -2.18. The van der Waals surface area contributed by atoms with Crippen molar-refractivity contribution in [1.82, 2.24) is 10.2 Å². The molecule has 0 saturated heterocycles. The van der Waals surface area contributed by atoms with Crippen molar-refractivity contribution in [2.24, 2.45) is 0 Å². The normalized spacial score (nSPS) is 12.0. The number of amides is 2. The number of carbonyl (C=O) groups is 2. The van der Waals surface area contributed by atoms with Crippen molar-refractivity contribution in [1.29, 1.82) is 0 Å². The van der Waals surface area contributed by atoms with E-state index in [9.17, 15) is 18.0 Å². The van der Waals surface area contributed by atoms with Gasteiger partial charge in [-0.15, -0.1) is 0 Å². The summed E-state index contributed by atoms with van der Waals surface area (Å²) in [5.74, 6) is -0.0745. The molecule has 34 heavy (non-hydrogen) atoms. The van der Waals surface area contributed by atoms with Crippen LogP contribution in [0.4, 0.5) is 5.69 Å². The number of ether oxygens (including phenoxy) is 1. The van der Waals surface area contributed by atoms with Gasteiger partial charge in [-0.25, -0.2) is 8.42 Å². The molecule has 0 aliphatic carbocycles. The van der Waals surface area contributed by atoms with Crippen molar-refractivity contribution in [3.05, 3.63) is 59.7 Å². The van der Waals surface area contributed by atoms with Crippen molar-refractivity contribution in [3.8, 4) is 5.75 Å². The van der Waals surface area contributed by atoms with Crippen molar-refractivity contribution >= 4 is 27.5 Å². The zero-order valence-electron chi connectivity index (χ0n) is 20.6. The van der Waals surface area contributed by atoms with Crippen LogP contribution in [0, 0.1) is 6.92 Å². The fourth-order valence-corrected chi connectivity index (χ4v) is 4.39. The zero-order valence-corrected chi connectivity index (χ0v) is 21.4. The number of carbonyl (C=O) groups excluding carboxylic acids is 2. The van der Waals surface area contributed by atoms with Gasteiger partial charge >= 0.3 is 0 Å². The molecule has 0 spiro atoms. The van der Waals surface area contributed by atoms with Crippen LogP contribution >= 0.6 is 0 Å². The number of benzene rings is 2. The van der Waals surface area contributed by atoms with Crippen LogP contribution in [0.1, 0.15) is 37.8 Å². The molecule has 8 nitrogen and oxygen atoms in total. The van der Waals surface area contributed by atoms with Crippen molar-refractivity contribution < 1.29 is 22.7 Å². The second-order valence-electron chi connectivity index (χ2n) is 8.25. The Morgan fingerprint density at radius 2 is 1.74 bits per heavy atom. The number of unbranched alkanes of at least 4 members (excludes halogenated alkanes) is 1. The Kier molecular flexibility index (Phi) is 9.92. The van der Waals surface area contributed by atoms with Crippen molar-refractivity contribution in [3.63, 3.8) is 0 Å². The van der Waals surface area contributed by atoms with Crippen LogP contribution in [0.5, 0.6) is 5.75 Å². The molecule has 1 N–H and O–H groups in total. The van der Waals surface area contributed by atoms with Crippen LogP contribution in [-0.4, -0.2) is 57.6 Å². The smallest absolute Gasteiger partial charge is 0.244 e. The van der Waals surface area contributed by atoms with E-state index in [1.807, 2.05) is 19.1 Å². The van der Waals surface area contributed by atoms with Gasteiger partial charge in [-0.3, -0.25) is 13.9 Å². The number of methoxy groups -OCH3 is 1. The molecule has 2 aromatic carbocycles. The van der Waals surface area contributed by atoms with Gasteiger partial charge in [0.15, 0.2) is 0 Å². The van der Waals surface area contributed by atoms with Crippen molar-refractivity contribution in [2.45, 2.75) is 46.2 Å². The highest BCUT2D eigenvalue weighted by molar-refractivity contribution is 7.92. The van der Waals surface area contributed by atoms with E-state index in [1.165, 1.54) is 4.90 Å². The number of hydrogen-bond donors (Lipinski definition) is 1. The Hall–Kier alpha value is -3.07. The van der Waals surface area contributed by atoms with E-state index >= 15 is 0 Å². The third-order valence-electron chi connectivity index (χ3n) is 5.57. The van der Waals surface area contributed by atoms with Gasteiger partial charge in [0.25, 0.3) is 0 Å². The van der Waals surface area contributed by atoms with Gasteiger partial charge in [0.05, 0.1) is 19.1 Å². The summed E-state index contributed by atoms with van der Waals surface area (Å²) in [5.41, 5.74) is 1.96. The summed E-state index contributed by atoms with van der Waals surface area (Å²) >= 11 is 0. The monoisotopic (exact) mass is 489 g/mol. The summed E-state index contributed by atoms with van der Waals surface area (Å²) in [5, 5.41) is 2.86. The minimum atomic E-state index is -3.75. The van der Waals surface area contributed by atoms with Gasteiger partial charge in [0.1, 0.15) is 18.3 Å². The van der Waals surface area contributed by atoms with Gasteiger partial charge in [0.2, 0.25) is 21.8 Å². The molecule has 0 bridgehead atoms. The van der Waals surface area contributed by atoms with E-state index in [4.69, 9.17) is 4.74 Å². The number of nitrogens with zero attached hydrogens (tertiary/aromatic N) is 2. The lowest BCUT2D eigenvalue weighted by atomic mass is 10.1. The van der Waals surface area contributed by atoms with Crippen LogP contribution < -0.4 is 14.4 Å². The molecule has 0 aromatic heterocycles. The first-order chi connectivity index (χ1) is 16.1. The van der Waals surface area contributed by atoms with Gasteiger partial charge in [-0.2, -0.15) is 0 Å². The van der Waals surface area contributed by atoms with Gasteiger partial charge < -0.3 is 15.0 Å². The Bertz CT molecular complexity index is 1070.